The third kappa shape index (κ3) is 4.65. The van der Waals surface area contributed by atoms with Crippen LogP contribution in [0, 0.1) is 11.8 Å². The van der Waals surface area contributed by atoms with Gasteiger partial charge in [-0.1, -0.05) is 56.9 Å². The second kappa shape index (κ2) is 7.09. The van der Waals surface area contributed by atoms with E-state index in [1.807, 2.05) is 0 Å². The molecule has 19 heavy (non-hydrogen) atoms. The molecule has 1 aliphatic rings. The number of rotatable bonds is 5. The predicted octanol–water partition coefficient (Wildman–Crippen LogP) is 4.34. The van der Waals surface area contributed by atoms with Crippen LogP contribution in [0.15, 0.2) is 24.3 Å². The molecule has 2 N–H and O–H groups in total. The van der Waals surface area contributed by atoms with Gasteiger partial charge in [-0.15, -0.1) is 0 Å². The van der Waals surface area contributed by atoms with Crippen molar-refractivity contribution in [3.63, 3.8) is 0 Å². The molecule has 0 heterocycles. The summed E-state index contributed by atoms with van der Waals surface area (Å²) in [5.41, 5.74) is 8.69. The molecule has 106 valence electrons. The van der Waals surface area contributed by atoms with Gasteiger partial charge in [0.15, 0.2) is 0 Å². The molecule has 1 heteroatoms. The van der Waals surface area contributed by atoms with Crippen LogP contribution in [0.2, 0.25) is 0 Å². The van der Waals surface area contributed by atoms with Gasteiger partial charge in [0.25, 0.3) is 0 Å². The second-order valence-electron chi connectivity index (χ2n) is 6.56. The fourth-order valence-corrected chi connectivity index (χ4v) is 3.39. The summed E-state index contributed by atoms with van der Waals surface area (Å²) in [5.74, 6) is 1.89. The molecule has 1 fully saturated rings. The van der Waals surface area contributed by atoms with Gasteiger partial charge < -0.3 is 5.73 Å². The van der Waals surface area contributed by atoms with Crippen LogP contribution in [0.3, 0.4) is 0 Å². The van der Waals surface area contributed by atoms with Gasteiger partial charge >= 0.3 is 0 Å². The molecule has 1 saturated carbocycles. The quantitative estimate of drug-likeness (QED) is 0.836. The van der Waals surface area contributed by atoms with E-state index < -0.39 is 0 Å². The van der Waals surface area contributed by atoms with Gasteiger partial charge in [-0.05, 0) is 49.1 Å². The van der Waals surface area contributed by atoms with Crippen molar-refractivity contribution in [3.05, 3.63) is 35.4 Å². The average molecular weight is 259 g/mol. The number of hydrogen-bond acceptors (Lipinski definition) is 1. The van der Waals surface area contributed by atoms with Gasteiger partial charge in [-0.3, -0.25) is 0 Å². The Bertz CT molecular complexity index is 366. The van der Waals surface area contributed by atoms with Crippen LogP contribution in [0.1, 0.15) is 57.1 Å². The van der Waals surface area contributed by atoms with E-state index in [2.05, 4.69) is 38.1 Å². The van der Waals surface area contributed by atoms with Crippen LogP contribution in [0.25, 0.3) is 0 Å². The summed E-state index contributed by atoms with van der Waals surface area (Å²) in [7, 11) is 0. The Morgan fingerprint density at radius 1 is 1.11 bits per heavy atom. The highest BCUT2D eigenvalue weighted by Crippen LogP contribution is 2.32. The third-order valence-corrected chi connectivity index (χ3v) is 4.67. The summed E-state index contributed by atoms with van der Waals surface area (Å²) in [6, 6.07) is 9.36. The smallest absolute Gasteiger partial charge is 0.00509 e. The van der Waals surface area contributed by atoms with Crippen LogP contribution in [0.5, 0.6) is 0 Å². The number of benzene rings is 1. The van der Waals surface area contributed by atoms with Crippen LogP contribution in [0.4, 0.5) is 0 Å². The van der Waals surface area contributed by atoms with Crippen molar-refractivity contribution in [2.75, 3.05) is 0 Å². The highest BCUT2D eigenvalue weighted by Gasteiger charge is 2.20. The largest absolute Gasteiger partial charge is 0.328 e. The fraction of sp³-hybridized carbons (Fsp3) is 0.667. The molecular weight excluding hydrogens is 230 g/mol. The van der Waals surface area contributed by atoms with Crippen molar-refractivity contribution in [3.8, 4) is 0 Å². The lowest BCUT2D eigenvalue weighted by Gasteiger charge is -2.28. The summed E-state index contributed by atoms with van der Waals surface area (Å²) in [5, 5.41) is 0. The molecular formula is C18H29N. The van der Waals surface area contributed by atoms with E-state index in [4.69, 9.17) is 5.73 Å². The van der Waals surface area contributed by atoms with Crippen molar-refractivity contribution in [1.82, 2.24) is 0 Å². The molecule has 0 radical (unpaired) electrons. The van der Waals surface area contributed by atoms with Crippen LogP contribution in [-0.2, 0) is 12.8 Å². The first kappa shape index (κ1) is 14.6. The molecule has 2 rings (SSSR count). The Labute approximate surface area is 118 Å². The first-order valence-electron chi connectivity index (χ1n) is 7.98. The van der Waals surface area contributed by atoms with E-state index in [9.17, 15) is 0 Å². The van der Waals surface area contributed by atoms with Crippen molar-refractivity contribution in [2.24, 2.45) is 17.6 Å². The molecule has 1 nitrogen and oxygen atoms in total. The molecule has 3 atom stereocenters. The number of hydrogen-bond donors (Lipinski definition) is 1. The summed E-state index contributed by atoms with van der Waals surface area (Å²) in [6.07, 6.45) is 9.38. The Hall–Kier alpha value is -0.820. The summed E-state index contributed by atoms with van der Waals surface area (Å²) < 4.78 is 0. The Morgan fingerprint density at radius 3 is 2.37 bits per heavy atom. The van der Waals surface area contributed by atoms with Gasteiger partial charge in [0, 0.05) is 6.04 Å². The zero-order valence-electron chi connectivity index (χ0n) is 12.6. The van der Waals surface area contributed by atoms with E-state index in [0.29, 0.717) is 0 Å². The normalized spacial score (nSPS) is 25.2. The van der Waals surface area contributed by atoms with E-state index in [1.54, 1.807) is 0 Å². The second-order valence-corrected chi connectivity index (χ2v) is 6.56. The minimum absolute atomic E-state index is 0.258. The summed E-state index contributed by atoms with van der Waals surface area (Å²) >= 11 is 0. The van der Waals surface area contributed by atoms with Crippen LogP contribution in [-0.4, -0.2) is 6.04 Å². The third-order valence-electron chi connectivity index (χ3n) is 4.67. The lowest BCUT2D eigenvalue weighted by atomic mass is 9.77. The molecule has 0 saturated heterocycles. The fourth-order valence-electron chi connectivity index (χ4n) is 3.39. The molecule has 1 aliphatic carbocycles. The van der Waals surface area contributed by atoms with Gasteiger partial charge in [0.2, 0.25) is 0 Å². The van der Waals surface area contributed by atoms with Crippen molar-refractivity contribution in [2.45, 2.75) is 64.8 Å². The molecule has 0 bridgehead atoms. The topological polar surface area (TPSA) is 26.0 Å². The molecule has 3 unspecified atom stereocenters. The van der Waals surface area contributed by atoms with Crippen LogP contribution >= 0.6 is 0 Å². The Balaban J connectivity index is 1.82. The lowest BCUT2D eigenvalue weighted by Crippen LogP contribution is -2.18. The van der Waals surface area contributed by atoms with Crippen molar-refractivity contribution < 1.29 is 0 Å². The SMILES string of the molecule is CC(N)Cc1ccc(CCC2CCCCC2C)cc1. The monoisotopic (exact) mass is 259 g/mol. The molecule has 1 aromatic carbocycles. The minimum Gasteiger partial charge on any atom is -0.328 e. The molecule has 0 aliphatic heterocycles. The van der Waals surface area contributed by atoms with Gasteiger partial charge in [-0.2, -0.15) is 0 Å². The van der Waals surface area contributed by atoms with E-state index >= 15 is 0 Å². The predicted molar refractivity (Wildman–Crippen MR) is 83.2 cm³/mol. The van der Waals surface area contributed by atoms with E-state index in [1.165, 1.54) is 49.7 Å². The molecule has 0 spiro atoms. The van der Waals surface area contributed by atoms with Crippen LogP contribution < -0.4 is 5.73 Å². The van der Waals surface area contributed by atoms with Crippen molar-refractivity contribution in [1.29, 1.82) is 0 Å². The maximum absolute atomic E-state index is 5.83. The Morgan fingerprint density at radius 2 is 1.74 bits per heavy atom. The summed E-state index contributed by atoms with van der Waals surface area (Å²) in [6.45, 7) is 4.51. The molecule has 1 aromatic rings. The maximum atomic E-state index is 5.83. The maximum Gasteiger partial charge on any atom is 0.00509 e. The van der Waals surface area contributed by atoms with Gasteiger partial charge in [-0.25, -0.2) is 0 Å². The standard InChI is InChI=1S/C18H29N/c1-14-5-3-4-6-18(14)12-11-16-7-9-17(10-8-16)13-15(2)19/h7-10,14-15,18H,3-6,11-13,19H2,1-2H3. The molecule has 0 aromatic heterocycles. The Kier molecular flexibility index (Phi) is 5.45. The first-order chi connectivity index (χ1) is 9.15. The van der Waals surface area contributed by atoms with E-state index in [0.717, 1.165) is 18.3 Å². The number of nitrogens with two attached hydrogens (primary N) is 1. The van der Waals surface area contributed by atoms with E-state index in [-0.39, 0.29) is 6.04 Å². The zero-order chi connectivity index (χ0) is 13.7. The number of aryl methyl sites for hydroxylation is 1. The van der Waals surface area contributed by atoms with Gasteiger partial charge in [0.1, 0.15) is 0 Å². The molecule has 0 amide bonds. The zero-order valence-corrected chi connectivity index (χ0v) is 12.6. The highest BCUT2D eigenvalue weighted by molar-refractivity contribution is 5.23. The van der Waals surface area contributed by atoms with Gasteiger partial charge in [0.05, 0.1) is 0 Å². The minimum atomic E-state index is 0.258. The summed E-state index contributed by atoms with van der Waals surface area (Å²) in [4.78, 5) is 0. The lowest BCUT2D eigenvalue weighted by molar-refractivity contribution is 0.242. The first-order valence-corrected chi connectivity index (χ1v) is 7.98. The highest BCUT2D eigenvalue weighted by atomic mass is 14.6. The average Bonchev–Trinajstić information content (AvgIpc) is 2.39. The van der Waals surface area contributed by atoms with Crippen molar-refractivity contribution >= 4 is 0 Å².